The lowest BCUT2D eigenvalue weighted by molar-refractivity contribution is 0.595. The molecule has 0 bridgehead atoms. The number of nitrogens with zero attached hydrogens (tertiary/aromatic N) is 1. The van der Waals surface area contributed by atoms with Crippen LogP contribution >= 0.6 is 11.3 Å². The second-order valence-corrected chi connectivity index (χ2v) is 6.93. The molecule has 5 nitrogen and oxygen atoms in total. The summed E-state index contributed by atoms with van der Waals surface area (Å²) in [7, 11) is -3.30. The Morgan fingerprint density at radius 1 is 1.32 bits per heavy atom. The highest BCUT2D eigenvalue weighted by Crippen LogP contribution is 2.22. The fraction of sp³-hybridized carbons (Fsp3) is 0.417. The standard InChI is InChI=1S/C12H17N3O2S2/c1-2-5-13-6-7-19(16,17)15-10-3-4-11-12(8-10)18-9-14-11/h3-4,8-9,13,15H,2,5-7H2,1H3. The van der Waals surface area contributed by atoms with Crippen molar-refractivity contribution in [2.24, 2.45) is 0 Å². The van der Waals surface area contributed by atoms with Crippen LogP contribution in [-0.2, 0) is 10.0 Å². The molecule has 0 aliphatic heterocycles. The summed E-state index contributed by atoms with van der Waals surface area (Å²) in [6.45, 7) is 3.35. The number of hydrogen-bond donors (Lipinski definition) is 2. The quantitative estimate of drug-likeness (QED) is 0.768. The van der Waals surface area contributed by atoms with Crippen molar-refractivity contribution >= 4 is 37.3 Å². The first-order valence-corrected chi connectivity index (χ1v) is 8.68. The first-order valence-electron chi connectivity index (χ1n) is 6.15. The Labute approximate surface area is 117 Å². The highest BCUT2D eigenvalue weighted by atomic mass is 32.2. The number of nitrogens with one attached hydrogen (secondary N) is 2. The van der Waals surface area contributed by atoms with Crippen LogP contribution in [0.5, 0.6) is 0 Å². The van der Waals surface area contributed by atoms with Crippen molar-refractivity contribution in [3.05, 3.63) is 23.7 Å². The van der Waals surface area contributed by atoms with E-state index in [0.717, 1.165) is 23.2 Å². The Balaban J connectivity index is 1.98. The summed E-state index contributed by atoms with van der Waals surface area (Å²) in [5.74, 6) is 0.0771. The van der Waals surface area contributed by atoms with Gasteiger partial charge >= 0.3 is 0 Å². The van der Waals surface area contributed by atoms with E-state index in [1.54, 1.807) is 11.6 Å². The molecule has 0 aliphatic carbocycles. The molecule has 1 aromatic carbocycles. The lowest BCUT2D eigenvalue weighted by Gasteiger charge is -2.08. The van der Waals surface area contributed by atoms with Crippen LogP contribution in [0.25, 0.3) is 10.2 Å². The molecule has 0 unspecified atom stereocenters. The highest BCUT2D eigenvalue weighted by Gasteiger charge is 2.10. The molecule has 104 valence electrons. The van der Waals surface area contributed by atoms with E-state index in [-0.39, 0.29) is 5.75 Å². The van der Waals surface area contributed by atoms with Crippen molar-refractivity contribution in [1.29, 1.82) is 0 Å². The SMILES string of the molecule is CCCNCCS(=O)(=O)Nc1ccc2ncsc2c1. The highest BCUT2D eigenvalue weighted by molar-refractivity contribution is 7.92. The fourth-order valence-electron chi connectivity index (χ4n) is 1.66. The largest absolute Gasteiger partial charge is 0.316 e. The van der Waals surface area contributed by atoms with Crippen LogP contribution in [-0.4, -0.2) is 32.2 Å². The summed E-state index contributed by atoms with van der Waals surface area (Å²) < 4.78 is 27.3. The molecule has 2 N–H and O–H groups in total. The van der Waals surface area contributed by atoms with Crippen molar-refractivity contribution < 1.29 is 8.42 Å². The number of rotatable bonds is 7. The molecule has 7 heteroatoms. The van der Waals surface area contributed by atoms with Crippen LogP contribution in [0, 0.1) is 0 Å². The zero-order valence-corrected chi connectivity index (χ0v) is 12.4. The van der Waals surface area contributed by atoms with E-state index in [1.807, 2.05) is 19.1 Å². The predicted molar refractivity (Wildman–Crippen MR) is 80.2 cm³/mol. The third-order valence-electron chi connectivity index (χ3n) is 2.58. The fourth-order valence-corrected chi connectivity index (χ4v) is 3.38. The summed E-state index contributed by atoms with van der Waals surface area (Å²) in [6.07, 6.45) is 0.996. The third-order valence-corrected chi connectivity index (χ3v) is 4.66. The molecule has 0 aliphatic rings. The Kier molecular flexibility index (Phi) is 4.73. The van der Waals surface area contributed by atoms with Gasteiger partial charge in [-0.05, 0) is 31.2 Å². The number of aromatic nitrogens is 1. The van der Waals surface area contributed by atoms with Crippen LogP contribution in [0.2, 0.25) is 0 Å². The number of anilines is 1. The maximum absolute atomic E-state index is 11.9. The molecule has 1 heterocycles. The summed E-state index contributed by atoms with van der Waals surface area (Å²) in [4.78, 5) is 4.16. The lowest BCUT2D eigenvalue weighted by Crippen LogP contribution is -2.27. The molecule has 0 amide bonds. The first-order chi connectivity index (χ1) is 9.11. The van der Waals surface area contributed by atoms with Gasteiger partial charge < -0.3 is 5.32 Å². The van der Waals surface area contributed by atoms with Crippen LogP contribution in [0.3, 0.4) is 0 Å². The number of benzene rings is 1. The topological polar surface area (TPSA) is 71.1 Å². The van der Waals surface area contributed by atoms with Crippen LogP contribution in [0.15, 0.2) is 23.7 Å². The van der Waals surface area contributed by atoms with Crippen molar-refractivity contribution in [3.63, 3.8) is 0 Å². The van der Waals surface area contributed by atoms with Crippen LogP contribution in [0.1, 0.15) is 13.3 Å². The van der Waals surface area contributed by atoms with Gasteiger partial charge in [-0.25, -0.2) is 13.4 Å². The summed E-state index contributed by atoms with van der Waals surface area (Å²) in [5.41, 5.74) is 3.22. The summed E-state index contributed by atoms with van der Waals surface area (Å²) in [6, 6.07) is 5.36. The van der Waals surface area contributed by atoms with Crippen molar-refractivity contribution in [3.8, 4) is 0 Å². The van der Waals surface area contributed by atoms with E-state index in [4.69, 9.17) is 0 Å². The maximum atomic E-state index is 11.9. The Bertz CT molecular complexity index is 637. The van der Waals surface area contributed by atoms with Gasteiger partial charge in [-0.2, -0.15) is 0 Å². The molecule has 1 aromatic heterocycles. The molecule has 0 spiro atoms. The minimum absolute atomic E-state index is 0.0771. The number of thiazole rings is 1. The van der Waals surface area contributed by atoms with E-state index in [2.05, 4.69) is 15.0 Å². The van der Waals surface area contributed by atoms with Gasteiger partial charge in [-0.1, -0.05) is 6.92 Å². The second kappa shape index (κ2) is 6.31. The van der Waals surface area contributed by atoms with E-state index in [9.17, 15) is 8.42 Å². The monoisotopic (exact) mass is 299 g/mol. The van der Waals surface area contributed by atoms with Gasteiger partial charge in [0.15, 0.2) is 0 Å². The minimum atomic E-state index is -3.30. The molecule has 0 fully saturated rings. The average Bonchev–Trinajstić information content (AvgIpc) is 2.81. The molecule has 0 atom stereocenters. The van der Waals surface area contributed by atoms with E-state index < -0.39 is 10.0 Å². The maximum Gasteiger partial charge on any atom is 0.233 e. The summed E-state index contributed by atoms with van der Waals surface area (Å²) >= 11 is 1.49. The molecular formula is C12H17N3O2S2. The normalized spacial score (nSPS) is 11.8. The molecular weight excluding hydrogens is 282 g/mol. The number of hydrogen-bond acceptors (Lipinski definition) is 5. The predicted octanol–water partition coefficient (Wildman–Crippen LogP) is 2.04. The van der Waals surface area contributed by atoms with Gasteiger partial charge in [0, 0.05) is 6.54 Å². The minimum Gasteiger partial charge on any atom is -0.316 e. The van der Waals surface area contributed by atoms with Crippen LogP contribution < -0.4 is 10.0 Å². The van der Waals surface area contributed by atoms with E-state index in [0.29, 0.717) is 12.2 Å². The van der Waals surface area contributed by atoms with Gasteiger partial charge in [0.05, 0.1) is 27.2 Å². The molecule has 2 aromatic rings. The molecule has 0 radical (unpaired) electrons. The zero-order valence-electron chi connectivity index (χ0n) is 10.7. The van der Waals surface area contributed by atoms with E-state index in [1.165, 1.54) is 11.3 Å². The molecule has 0 saturated carbocycles. The first kappa shape index (κ1) is 14.2. The van der Waals surface area contributed by atoms with Crippen molar-refractivity contribution in [2.75, 3.05) is 23.6 Å². The molecule has 19 heavy (non-hydrogen) atoms. The zero-order chi connectivity index (χ0) is 13.7. The number of fused-ring (bicyclic) bond motifs is 1. The second-order valence-electron chi connectivity index (χ2n) is 4.21. The van der Waals surface area contributed by atoms with Crippen molar-refractivity contribution in [2.45, 2.75) is 13.3 Å². The molecule has 2 rings (SSSR count). The van der Waals surface area contributed by atoms with Gasteiger partial charge in [-0.15, -0.1) is 11.3 Å². The van der Waals surface area contributed by atoms with Gasteiger partial charge in [0.25, 0.3) is 0 Å². The van der Waals surface area contributed by atoms with Gasteiger partial charge in [0.2, 0.25) is 10.0 Å². The van der Waals surface area contributed by atoms with Gasteiger partial charge in [0.1, 0.15) is 0 Å². The van der Waals surface area contributed by atoms with Crippen molar-refractivity contribution in [1.82, 2.24) is 10.3 Å². The Hall–Kier alpha value is -1.18. The number of sulfonamides is 1. The third kappa shape index (κ3) is 4.15. The lowest BCUT2D eigenvalue weighted by atomic mass is 10.3. The Morgan fingerprint density at radius 2 is 2.16 bits per heavy atom. The summed E-state index contributed by atoms with van der Waals surface area (Å²) in [5, 5.41) is 3.08. The average molecular weight is 299 g/mol. The van der Waals surface area contributed by atoms with Gasteiger partial charge in [-0.3, -0.25) is 4.72 Å². The smallest absolute Gasteiger partial charge is 0.233 e. The van der Waals surface area contributed by atoms with E-state index >= 15 is 0 Å². The van der Waals surface area contributed by atoms with Crippen LogP contribution in [0.4, 0.5) is 5.69 Å². The Morgan fingerprint density at radius 3 is 2.95 bits per heavy atom. The molecule has 0 saturated heterocycles.